The third kappa shape index (κ3) is 8.38. The summed E-state index contributed by atoms with van der Waals surface area (Å²) in [5.74, 6) is 4.31. The molecule has 4 aromatic carbocycles. The molecule has 1 radical (unpaired) electrons. The Morgan fingerprint density at radius 2 is 1.59 bits per heavy atom. The van der Waals surface area contributed by atoms with Crippen molar-refractivity contribution >= 4 is 47.7 Å². The number of pyridine rings is 2. The molecule has 0 saturated heterocycles. The number of aryl methyl sites for hydroxylation is 2. The molecule has 0 N–H and O–H groups in total. The molecule has 0 aliphatic heterocycles. The van der Waals surface area contributed by atoms with Crippen LogP contribution in [-0.2, 0) is 20.1 Å². The number of rotatable bonds is 6. The van der Waals surface area contributed by atoms with Gasteiger partial charge in [0.2, 0.25) is 0 Å². The van der Waals surface area contributed by atoms with Gasteiger partial charge < -0.3 is 4.98 Å². The van der Waals surface area contributed by atoms with Gasteiger partial charge in [-0.2, -0.15) is 0 Å². The molecule has 3 aromatic heterocycles. The van der Waals surface area contributed by atoms with Gasteiger partial charge in [0.15, 0.2) is 0 Å². The first-order valence-electron chi connectivity index (χ1n) is 18.9. The van der Waals surface area contributed by atoms with Gasteiger partial charge in [-0.15, -0.1) is 29.8 Å². The van der Waals surface area contributed by atoms with Crippen LogP contribution < -0.4 is 4.40 Å². The van der Waals surface area contributed by atoms with Crippen LogP contribution in [0.2, 0.25) is 36.0 Å². The normalized spacial score (nSPS) is 13.9. The van der Waals surface area contributed by atoms with E-state index in [9.17, 15) is 4.39 Å². The van der Waals surface area contributed by atoms with Crippen molar-refractivity contribution in [1.82, 2.24) is 9.97 Å². The Morgan fingerprint density at radius 1 is 0.816 bits per heavy atom. The van der Waals surface area contributed by atoms with E-state index in [0.717, 1.165) is 53.6 Å². The van der Waals surface area contributed by atoms with Crippen molar-refractivity contribution in [3.63, 3.8) is 0 Å². The summed E-state index contributed by atoms with van der Waals surface area (Å²) in [4.78, 5) is 9.86. The fraction of sp³-hybridized carbons (Fsp3) is 0.190. The molecule has 0 saturated carbocycles. The fourth-order valence-electron chi connectivity index (χ4n) is 6.49. The number of furan rings is 1. The van der Waals surface area contributed by atoms with E-state index < -0.39 is 35.0 Å². The van der Waals surface area contributed by atoms with Crippen LogP contribution in [0, 0.1) is 31.7 Å². The van der Waals surface area contributed by atoms with Crippen LogP contribution in [0.25, 0.3) is 55.6 Å². The number of para-hydroxylation sites is 1. The van der Waals surface area contributed by atoms with Crippen LogP contribution in [0.1, 0.15) is 19.4 Å². The number of fused-ring (bicyclic) bond motifs is 3. The number of aromatic nitrogens is 2. The number of halogens is 1. The maximum absolute atomic E-state index is 12.7. The molecule has 3 heterocycles. The quantitative estimate of drug-likeness (QED) is 0.123. The Balaban J connectivity index is 0.000000271. The minimum Gasteiger partial charge on any atom is 0 e. The minimum absolute atomic E-state index is 0. The van der Waals surface area contributed by atoms with Gasteiger partial charge in [0.05, 0.1) is 0 Å². The van der Waals surface area contributed by atoms with Crippen molar-refractivity contribution in [2.45, 2.75) is 49.7 Å². The minimum atomic E-state index is -2.68. The average molecular weight is 908 g/mol. The van der Waals surface area contributed by atoms with Gasteiger partial charge in [-0.05, 0) is 18.1 Å². The van der Waals surface area contributed by atoms with E-state index in [1.54, 1.807) is 18.3 Å². The van der Waals surface area contributed by atoms with Crippen LogP contribution in [0.5, 0.6) is 0 Å². The Morgan fingerprint density at radius 3 is 2.27 bits per heavy atom. The molecule has 3 nitrogen and oxygen atoms in total. The molecule has 251 valence electrons. The zero-order chi connectivity index (χ0) is 39.1. The summed E-state index contributed by atoms with van der Waals surface area (Å²) in [7, 11) is -1.41. The Kier molecular flexibility index (Phi) is 8.94. The first-order valence-corrected chi connectivity index (χ1v) is 26.3. The third-order valence-electron chi connectivity index (χ3n) is 8.22. The second-order valence-electron chi connectivity index (χ2n) is 13.8. The third-order valence-corrected chi connectivity index (χ3v) is 26.3. The van der Waals surface area contributed by atoms with E-state index in [2.05, 4.69) is 83.6 Å². The van der Waals surface area contributed by atoms with Gasteiger partial charge in [-0.25, -0.2) is 0 Å². The van der Waals surface area contributed by atoms with Crippen LogP contribution >= 0.6 is 0 Å². The van der Waals surface area contributed by atoms with E-state index in [1.165, 1.54) is 24.4 Å². The molecule has 0 spiro atoms. The average Bonchev–Trinajstić information content (AvgIpc) is 3.50. The summed E-state index contributed by atoms with van der Waals surface area (Å²) in [6.45, 7) is 2.75. The molecular formula is C42H41FGeIrN2OSi-2. The second-order valence-corrected chi connectivity index (χ2v) is 30.6. The standard InChI is InChI=1S/C30H32GeNOSi.C12H9FN.Ir/c1-21-19-32-28(18-27(21)31(2,3)20-34(4,5)6)26-17-11-16-25-24-15-10-14-23(29(24)33-30(25)26)22-12-8-7-9-13-22;1-9-2-7-12(14-8-9)10-3-5-11(13)6-4-10;/h7-16,18-19H,20H2,1-6H3;2-3,5-8H,1H3;/q2*-1;/i2*1D3;. The van der Waals surface area contributed by atoms with Crippen LogP contribution in [-0.4, -0.2) is 31.3 Å². The molecule has 0 bridgehead atoms. The second kappa shape index (κ2) is 15.1. The predicted molar refractivity (Wildman–Crippen MR) is 204 cm³/mol. The summed E-state index contributed by atoms with van der Waals surface area (Å²) in [6.07, 6.45) is 2.89. The maximum Gasteiger partial charge on any atom is 0 e. The van der Waals surface area contributed by atoms with E-state index >= 15 is 0 Å². The molecule has 0 amide bonds. The zero-order valence-corrected chi connectivity index (χ0v) is 33.6. The van der Waals surface area contributed by atoms with E-state index in [0.29, 0.717) is 16.8 Å². The summed E-state index contributed by atoms with van der Waals surface area (Å²) in [5.41, 5.74) is 6.99. The largest absolute Gasteiger partial charge is 0 e. The van der Waals surface area contributed by atoms with Crippen molar-refractivity contribution in [2.24, 2.45) is 0 Å². The van der Waals surface area contributed by atoms with Crippen molar-refractivity contribution < 1.29 is 37.1 Å². The van der Waals surface area contributed by atoms with Crippen molar-refractivity contribution in [3.05, 3.63) is 139 Å². The predicted octanol–water partition coefficient (Wildman–Crippen LogP) is 11.2. The number of benzene rings is 4. The van der Waals surface area contributed by atoms with Gasteiger partial charge in [0.25, 0.3) is 0 Å². The Hall–Kier alpha value is -3.68. The molecule has 7 aromatic rings. The molecular weight excluding hydrogens is 860 g/mol. The van der Waals surface area contributed by atoms with Crippen molar-refractivity contribution in [2.75, 3.05) is 0 Å². The SMILES string of the molecule is [2H]C([2H])([2H])c1ccc(-c2[c-]cc(F)cc2)nc1.[2H]C([2H])([2H])c1cnc(-c2[c-]ccc3c2oc2c(-c4ccccc4)cccc23)c[c]1[Ge]([CH3])([CH3])[CH2][Si](C)(C)C.[Ir]. The topological polar surface area (TPSA) is 38.9 Å². The molecule has 0 aliphatic rings. The monoisotopic (exact) mass is 909 g/mol. The van der Waals surface area contributed by atoms with Gasteiger partial charge >= 0.3 is 211 Å². The smallest absolute Gasteiger partial charge is 0 e. The van der Waals surface area contributed by atoms with Crippen molar-refractivity contribution in [1.29, 1.82) is 0 Å². The van der Waals surface area contributed by atoms with Crippen molar-refractivity contribution in [3.8, 4) is 33.6 Å². The first kappa shape index (κ1) is 29.1. The summed E-state index contributed by atoms with van der Waals surface area (Å²) in [5, 5.41) is 2.05. The van der Waals surface area contributed by atoms with E-state index in [1.807, 2.05) is 36.4 Å². The number of hydrogen-bond acceptors (Lipinski definition) is 3. The summed E-state index contributed by atoms with van der Waals surface area (Å²) >= 11 is -2.68. The maximum atomic E-state index is 12.7. The Bertz CT molecular complexity index is 2410. The molecule has 7 heteroatoms. The Labute approximate surface area is 315 Å². The van der Waals surface area contributed by atoms with Gasteiger partial charge in [0.1, 0.15) is 0 Å². The zero-order valence-electron chi connectivity index (χ0n) is 34.1. The summed E-state index contributed by atoms with van der Waals surface area (Å²) < 4.78 is 66.6. The van der Waals surface area contributed by atoms with Crippen LogP contribution in [0.3, 0.4) is 0 Å². The molecule has 49 heavy (non-hydrogen) atoms. The summed E-state index contributed by atoms with van der Waals surface area (Å²) in [6, 6.07) is 35.7. The van der Waals surface area contributed by atoms with Gasteiger partial charge in [-0.3, -0.25) is 4.39 Å². The van der Waals surface area contributed by atoms with Gasteiger partial charge in [0, 0.05) is 36.2 Å². The number of hydrogen-bond donors (Lipinski definition) is 0. The molecule has 0 aliphatic carbocycles. The van der Waals surface area contributed by atoms with Gasteiger partial charge in [-0.1, -0.05) is 12.1 Å². The molecule has 0 fully saturated rings. The van der Waals surface area contributed by atoms with Crippen LogP contribution in [0.15, 0.2) is 114 Å². The number of nitrogens with zero attached hydrogens (tertiary/aromatic N) is 2. The van der Waals surface area contributed by atoms with E-state index in [4.69, 9.17) is 12.6 Å². The molecule has 0 unspecified atom stereocenters. The first-order chi connectivity index (χ1) is 25.3. The molecule has 0 atom stereocenters. The molecule has 7 rings (SSSR count). The fourth-order valence-corrected chi connectivity index (χ4v) is 30.0. The van der Waals surface area contributed by atoms with E-state index in [-0.39, 0.29) is 31.5 Å². The van der Waals surface area contributed by atoms with Crippen LogP contribution in [0.4, 0.5) is 4.39 Å².